The maximum absolute atomic E-state index is 2.34. The molecule has 0 unspecified atom stereocenters. The van der Waals surface area contributed by atoms with E-state index in [2.05, 4.69) is 218 Å². The van der Waals surface area contributed by atoms with Gasteiger partial charge in [-0.15, -0.1) is 0 Å². The van der Waals surface area contributed by atoms with Crippen LogP contribution in [-0.2, 0) is 0 Å². The van der Waals surface area contributed by atoms with Crippen LogP contribution in [-0.4, -0.2) is 0 Å². The summed E-state index contributed by atoms with van der Waals surface area (Å²) in [5.41, 5.74) is 12.1. The van der Waals surface area contributed by atoms with Gasteiger partial charge in [0.05, 0.1) is 0 Å². The molecule has 0 spiro atoms. The molecule has 0 heteroatoms. The van der Waals surface area contributed by atoms with Crippen LogP contribution in [0.1, 0.15) is 22.3 Å². The molecule has 0 fully saturated rings. The van der Waals surface area contributed by atoms with Gasteiger partial charge >= 0.3 is 0 Å². The molecule has 0 aliphatic carbocycles. The minimum absolute atomic E-state index is 1.17. The number of fused-ring (bicyclic) bond motifs is 3. The molecule has 0 heterocycles. The topological polar surface area (TPSA) is 0 Å². The van der Waals surface area contributed by atoms with Gasteiger partial charge in [0, 0.05) is 0 Å². The average molecular weight is 661 g/mol. The van der Waals surface area contributed by atoms with Gasteiger partial charge in [-0.05, 0) is 106 Å². The van der Waals surface area contributed by atoms with Crippen molar-refractivity contribution in [2.24, 2.45) is 0 Å². The smallest absolute Gasteiger partial charge is 0.00141 e. The Kier molecular flexibility index (Phi) is 8.33. The van der Waals surface area contributed by atoms with Gasteiger partial charge in [0.25, 0.3) is 0 Å². The highest BCUT2D eigenvalue weighted by Gasteiger charge is 2.20. The zero-order chi connectivity index (χ0) is 34.7. The molecule has 0 aliphatic rings. The fourth-order valence-electron chi connectivity index (χ4n) is 7.55. The Labute approximate surface area is 305 Å². The maximum atomic E-state index is 2.34. The predicted octanol–water partition coefficient (Wildman–Crippen LogP) is 14.5. The van der Waals surface area contributed by atoms with Gasteiger partial charge in [-0.3, -0.25) is 0 Å². The molecular weight excluding hydrogens is 625 g/mol. The Hall–Kier alpha value is -6.76. The van der Waals surface area contributed by atoms with E-state index >= 15 is 0 Å². The summed E-state index contributed by atoms with van der Waals surface area (Å²) in [6, 6.07) is 70.3. The second-order valence-electron chi connectivity index (χ2n) is 13.3. The van der Waals surface area contributed by atoms with Crippen LogP contribution >= 0.6 is 0 Å². The summed E-state index contributed by atoms with van der Waals surface area (Å²) in [5.74, 6) is 0. The van der Waals surface area contributed by atoms with Crippen molar-refractivity contribution in [3.8, 4) is 33.4 Å². The standard InChI is InChI=1S/C52H36/c1-3-14-37(15-4-1)28-30-39-18-11-22-44(34-39)50-47-24-9-10-25-48(47)51(45-23-12-19-40(35-45)31-29-38-16-5-2-6-17-38)52-46(26-13-27-49(50)52)43-33-32-41-20-7-8-21-42(41)36-43/h1-36H/b30-28+,31-29+. The molecule has 0 saturated carbocycles. The van der Waals surface area contributed by atoms with Crippen molar-refractivity contribution in [2.75, 3.05) is 0 Å². The molecule has 9 aromatic rings. The monoisotopic (exact) mass is 660 g/mol. The molecule has 244 valence electrons. The summed E-state index contributed by atoms with van der Waals surface area (Å²) in [7, 11) is 0. The fraction of sp³-hybridized carbons (Fsp3) is 0. The van der Waals surface area contributed by atoms with Crippen molar-refractivity contribution in [1.29, 1.82) is 0 Å². The zero-order valence-electron chi connectivity index (χ0n) is 28.8. The quantitative estimate of drug-likeness (QED) is 0.118. The molecule has 52 heavy (non-hydrogen) atoms. The highest BCUT2D eigenvalue weighted by molar-refractivity contribution is 6.25. The normalized spacial score (nSPS) is 11.7. The Morgan fingerprint density at radius 1 is 0.269 bits per heavy atom. The maximum Gasteiger partial charge on any atom is -0.00141 e. The molecule has 0 nitrogen and oxygen atoms in total. The molecule has 0 N–H and O–H groups in total. The van der Waals surface area contributed by atoms with E-state index < -0.39 is 0 Å². The molecule has 9 rings (SSSR count). The van der Waals surface area contributed by atoms with Crippen molar-refractivity contribution < 1.29 is 0 Å². The molecule has 0 aliphatic heterocycles. The van der Waals surface area contributed by atoms with Crippen molar-refractivity contribution in [3.63, 3.8) is 0 Å². The number of rotatable bonds is 7. The Morgan fingerprint density at radius 3 is 1.40 bits per heavy atom. The highest BCUT2D eigenvalue weighted by Crippen LogP contribution is 2.47. The van der Waals surface area contributed by atoms with Crippen LogP contribution in [0.15, 0.2) is 194 Å². The summed E-state index contributed by atoms with van der Waals surface area (Å²) in [5, 5.41) is 7.49. The number of hydrogen-bond acceptors (Lipinski definition) is 0. The van der Waals surface area contributed by atoms with E-state index in [1.807, 2.05) is 0 Å². The first kappa shape index (κ1) is 31.2. The number of benzene rings is 9. The van der Waals surface area contributed by atoms with E-state index in [0.29, 0.717) is 0 Å². The second-order valence-corrected chi connectivity index (χ2v) is 13.3. The van der Waals surface area contributed by atoms with Crippen LogP contribution in [0.3, 0.4) is 0 Å². The van der Waals surface area contributed by atoms with Crippen LogP contribution in [0.5, 0.6) is 0 Å². The molecular formula is C52H36. The summed E-state index contributed by atoms with van der Waals surface area (Å²) >= 11 is 0. The van der Waals surface area contributed by atoms with Gasteiger partial charge in [0.1, 0.15) is 0 Å². The lowest BCUT2D eigenvalue weighted by atomic mass is 9.82. The highest BCUT2D eigenvalue weighted by atomic mass is 14.2. The third kappa shape index (κ3) is 6.12. The van der Waals surface area contributed by atoms with Crippen LogP contribution in [0.4, 0.5) is 0 Å². The minimum Gasteiger partial charge on any atom is -0.0622 e. The first-order valence-electron chi connectivity index (χ1n) is 17.9. The second kappa shape index (κ2) is 13.9. The van der Waals surface area contributed by atoms with Gasteiger partial charge in [-0.1, -0.05) is 200 Å². The molecule has 0 saturated heterocycles. The van der Waals surface area contributed by atoms with Gasteiger partial charge in [0.15, 0.2) is 0 Å². The third-order valence-electron chi connectivity index (χ3n) is 10.00. The van der Waals surface area contributed by atoms with Gasteiger partial charge in [-0.25, -0.2) is 0 Å². The third-order valence-corrected chi connectivity index (χ3v) is 10.00. The Morgan fingerprint density at radius 2 is 0.750 bits per heavy atom. The molecule has 9 aromatic carbocycles. The van der Waals surface area contributed by atoms with E-state index in [1.165, 1.54) is 88.0 Å². The molecule has 0 aromatic heterocycles. The SMILES string of the molecule is C(=C\c1cccc(-c2c3ccccc3c(-c3cccc(/C=C/c4ccccc4)c3)c3c(-c4ccc5ccccc5c4)cccc23)c1)/c1ccccc1. The Bertz CT molecular complexity index is 2770. The first-order chi connectivity index (χ1) is 25.8. The molecule has 0 radical (unpaired) electrons. The van der Waals surface area contributed by atoms with Crippen molar-refractivity contribution in [2.45, 2.75) is 0 Å². The largest absolute Gasteiger partial charge is 0.0622 e. The minimum atomic E-state index is 1.17. The van der Waals surface area contributed by atoms with Crippen LogP contribution < -0.4 is 0 Å². The van der Waals surface area contributed by atoms with Gasteiger partial charge in [0.2, 0.25) is 0 Å². The number of hydrogen-bond donors (Lipinski definition) is 0. The van der Waals surface area contributed by atoms with Crippen LogP contribution in [0.2, 0.25) is 0 Å². The van der Waals surface area contributed by atoms with Crippen LogP contribution in [0.25, 0.3) is 90.0 Å². The predicted molar refractivity (Wildman–Crippen MR) is 226 cm³/mol. The van der Waals surface area contributed by atoms with Crippen LogP contribution in [0, 0.1) is 0 Å². The first-order valence-corrected chi connectivity index (χ1v) is 17.9. The zero-order valence-corrected chi connectivity index (χ0v) is 28.8. The summed E-state index contributed by atoms with van der Waals surface area (Å²) in [6.07, 6.45) is 8.82. The summed E-state index contributed by atoms with van der Waals surface area (Å²) < 4.78 is 0. The van der Waals surface area contributed by atoms with E-state index in [0.717, 1.165) is 0 Å². The molecule has 0 atom stereocenters. The lowest BCUT2D eigenvalue weighted by Gasteiger charge is -2.21. The molecule has 0 bridgehead atoms. The van der Waals surface area contributed by atoms with E-state index in [4.69, 9.17) is 0 Å². The Balaban J connectivity index is 1.31. The van der Waals surface area contributed by atoms with Gasteiger partial charge < -0.3 is 0 Å². The lowest BCUT2D eigenvalue weighted by Crippen LogP contribution is -1.94. The van der Waals surface area contributed by atoms with Crippen molar-refractivity contribution in [1.82, 2.24) is 0 Å². The van der Waals surface area contributed by atoms with E-state index in [1.54, 1.807) is 0 Å². The summed E-state index contributed by atoms with van der Waals surface area (Å²) in [6.45, 7) is 0. The molecule has 0 amide bonds. The lowest BCUT2D eigenvalue weighted by molar-refractivity contribution is 1.61. The van der Waals surface area contributed by atoms with E-state index in [9.17, 15) is 0 Å². The summed E-state index contributed by atoms with van der Waals surface area (Å²) in [4.78, 5) is 0. The average Bonchev–Trinajstić information content (AvgIpc) is 3.22. The van der Waals surface area contributed by atoms with Crippen molar-refractivity contribution >= 4 is 56.6 Å². The van der Waals surface area contributed by atoms with Crippen molar-refractivity contribution in [3.05, 3.63) is 216 Å². The van der Waals surface area contributed by atoms with E-state index in [-0.39, 0.29) is 0 Å². The van der Waals surface area contributed by atoms with Gasteiger partial charge in [-0.2, -0.15) is 0 Å². The fourth-order valence-corrected chi connectivity index (χ4v) is 7.55.